The van der Waals surface area contributed by atoms with Crippen LogP contribution < -0.4 is 10.6 Å². The molecule has 3 rings (SSSR count). The van der Waals surface area contributed by atoms with Gasteiger partial charge in [-0.1, -0.05) is 11.6 Å². The van der Waals surface area contributed by atoms with Crippen molar-refractivity contribution >= 4 is 35.1 Å². The van der Waals surface area contributed by atoms with Crippen molar-refractivity contribution in [3.63, 3.8) is 0 Å². The van der Waals surface area contributed by atoms with Crippen molar-refractivity contribution in [1.82, 2.24) is 14.8 Å². The van der Waals surface area contributed by atoms with Gasteiger partial charge in [0.15, 0.2) is 0 Å². The Morgan fingerprint density at radius 2 is 2.33 bits per heavy atom. The van der Waals surface area contributed by atoms with Crippen molar-refractivity contribution in [3.8, 4) is 0 Å². The van der Waals surface area contributed by atoms with Crippen molar-refractivity contribution in [2.24, 2.45) is 0 Å². The molecule has 1 aliphatic heterocycles. The van der Waals surface area contributed by atoms with Gasteiger partial charge in [0.25, 0.3) is 0 Å². The summed E-state index contributed by atoms with van der Waals surface area (Å²) in [7, 11) is 0. The summed E-state index contributed by atoms with van der Waals surface area (Å²) in [5.74, 6) is -1.13. The number of halogens is 2. The second-order valence-corrected chi connectivity index (χ2v) is 4.86. The first-order chi connectivity index (χ1) is 10.0. The zero-order valence-corrected chi connectivity index (χ0v) is 11.3. The van der Waals surface area contributed by atoms with Gasteiger partial charge in [0, 0.05) is 5.69 Å². The minimum absolute atomic E-state index is 0.0359. The minimum Gasteiger partial charge on any atom is -0.324 e. The highest BCUT2D eigenvalue weighted by atomic mass is 35.5. The van der Waals surface area contributed by atoms with Gasteiger partial charge in [0.1, 0.15) is 18.2 Å². The summed E-state index contributed by atoms with van der Waals surface area (Å²) in [5, 5.41) is 12.3. The van der Waals surface area contributed by atoms with E-state index in [1.54, 1.807) is 0 Å². The van der Waals surface area contributed by atoms with Crippen LogP contribution in [0, 0.1) is 5.82 Å². The first kappa shape index (κ1) is 13.5. The van der Waals surface area contributed by atoms with Gasteiger partial charge in [0.2, 0.25) is 17.8 Å². The Morgan fingerprint density at radius 1 is 1.52 bits per heavy atom. The number of carbonyl (C=O) groups excluding carboxylic acids is 2. The maximum atomic E-state index is 13.1. The number of benzene rings is 1. The summed E-state index contributed by atoms with van der Waals surface area (Å²) >= 11 is 5.65. The molecule has 108 valence electrons. The van der Waals surface area contributed by atoms with E-state index in [9.17, 15) is 14.0 Å². The Bertz CT molecular complexity index is 732. The number of amides is 2. The summed E-state index contributed by atoms with van der Waals surface area (Å²) in [6.07, 6.45) is 1.32. The average molecular weight is 310 g/mol. The van der Waals surface area contributed by atoms with Crippen LogP contribution in [0.15, 0.2) is 24.5 Å². The minimum atomic E-state index is -0.771. The lowest BCUT2D eigenvalue weighted by Gasteiger charge is -2.23. The molecule has 1 aliphatic rings. The molecule has 9 heteroatoms. The van der Waals surface area contributed by atoms with E-state index in [1.165, 1.54) is 23.0 Å². The van der Waals surface area contributed by atoms with Crippen LogP contribution in [0.1, 0.15) is 12.5 Å². The van der Waals surface area contributed by atoms with Gasteiger partial charge in [-0.15, -0.1) is 10.2 Å². The van der Waals surface area contributed by atoms with Crippen molar-refractivity contribution in [1.29, 1.82) is 0 Å². The number of hydrogen-bond acceptors (Lipinski definition) is 4. The fourth-order valence-corrected chi connectivity index (χ4v) is 2.21. The van der Waals surface area contributed by atoms with Gasteiger partial charge in [-0.3, -0.25) is 19.5 Å². The predicted molar refractivity (Wildman–Crippen MR) is 72.3 cm³/mol. The molecule has 0 fully saturated rings. The summed E-state index contributed by atoms with van der Waals surface area (Å²) in [5.41, 5.74) is 0.340. The number of anilines is 2. The van der Waals surface area contributed by atoms with Gasteiger partial charge < -0.3 is 5.32 Å². The summed E-state index contributed by atoms with van der Waals surface area (Å²) in [6, 6.07) is 3.06. The smallest absolute Gasteiger partial charge is 0.248 e. The second kappa shape index (κ2) is 5.13. The molecular weight excluding hydrogens is 301 g/mol. The van der Waals surface area contributed by atoms with Crippen LogP contribution in [0.25, 0.3) is 0 Å². The first-order valence-electron chi connectivity index (χ1n) is 6.00. The molecule has 2 heterocycles. The Kier molecular flexibility index (Phi) is 3.30. The number of aromatic nitrogens is 3. The number of nitrogens with zero attached hydrogens (tertiary/aromatic N) is 3. The molecule has 0 unspecified atom stereocenters. The first-order valence-corrected chi connectivity index (χ1v) is 6.37. The van der Waals surface area contributed by atoms with Crippen LogP contribution in [0.3, 0.4) is 0 Å². The topological polar surface area (TPSA) is 88.9 Å². The van der Waals surface area contributed by atoms with Crippen LogP contribution in [0.2, 0.25) is 5.02 Å². The molecule has 7 nitrogen and oxygen atoms in total. The van der Waals surface area contributed by atoms with Gasteiger partial charge in [-0.05, 0) is 18.2 Å². The molecule has 0 saturated carbocycles. The molecular formula is C12H9ClFN5O2. The number of carbonyl (C=O) groups is 2. The van der Waals surface area contributed by atoms with Gasteiger partial charge in [-0.25, -0.2) is 4.39 Å². The Labute approximate surface area is 123 Å². The maximum absolute atomic E-state index is 13.1. The van der Waals surface area contributed by atoms with Crippen LogP contribution in [0.5, 0.6) is 0 Å². The van der Waals surface area contributed by atoms with E-state index in [1.807, 2.05) is 0 Å². The van der Waals surface area contributed by atoms with Crippen molar-refractivity contribution in [2.45, 2.75) is 12.5 Å². The number of hydrogen-bond donors (Lipinski definition) is 2. The fraction of sp³-hybridized carbons (Fsp3) is 0.167. The highest BCUT2D eigenvalue weighted by Gasteiger charge is 2.31. The van der Waals surface area contributed by atoms with Crippen molar-refractivity contribution < 1.29 is 14.0 Å². The molecule has 0 bridgehead atoms. The zero-order chi connectivity index (χ0) is 15.0. The Morgan fingerprint density at radius 3 is 3.10 bits per heavy atom. The molecule has 1 aromatic heterocycles. The Hall–Kier alpha value is -2.48. The van der Waals surface area contributed by atoms with E-state index in [0.29, 0.717) is 5.69 Å². The maximum Gasteiger partial charge on any atom is 0.248 e. The zero-order valence-electron chi connectivity index (χ0n) is 10.5. The predicted octanol–water partition coefficient (Wildman–Crippen LogP) is 1.59. The normalized spacial score (nSPS) is 17.0. The fourth-order valence-electron chi connectivity index (χ4n) is 2.03. The van der Waals surface area contributed by atoms with E-state index in [4.69, 9.17) is 11.6 Å². The van der Waals surface area contributed by atoms with Gasteiger partial charge in [-0.2, -0.15) is 0 Å². The van der Waals surface area contributed by atoms with Gasteiger partial charge >= 0.3 is 0 Å². The SMILES string of the molecule is O=C1C[C@H](C(=O)Nc2ccc(F)c(Cl)c2)n2cnnc2N1. The van der Waals surface area contributed by atoms with E-state index < -0.39 is 17.8 Å². The molecule has 1 aromatic carbocycles. The van der Waals surface area contributed by atoms with Crippen LogP contribution in [-0.2, 0) is 9.59 Å². The molecule has 0 radical (unpaired) electrons. The Balaban J connectivity index is 1.83. The molecule has 0 aliphatic carbocycles. The molecule has 1 atom stereocenters. The monoisotopic (exact) mass is 309 g/mol. The molecule has 0 spiro atoms. The molecule has 21 heavy (non-hydrogen) atoms. The lowest BCUT2D eigenvalue weighted by Crippen LogP contribution is -2.35. The number of rotatable bonds is 2. The van der Waals surface area contributed by atoms with E-state index >= 15 is 0 Å². The molecule has 2 amide bonds. The molecule has 0 saturated heterocycles. The van der Waals surface area contributed by atoms with E-state index in [-0.39, 0.29) is 23.3 Å². The highest BCUT2D eigenvalue weighted by Crippen LogP contribution is 2.25. The lowest BCUT2D eigenvalue weighted by atomic mass is 10.1. The highest BCUT2D eigenvalue weighted by molar-refractivity contribution is 6.31. The summed E-state index contributed by atoms with van der Waals surface area (Å²) in [4.78, 5) is 23.8. The third-order valence-corrected chi connectivity index (χ3v) is 3.32. The summed E-state index contributed by atoms with van der Waals surface area (Å²) in [6.45, 7) is 0. The van der Waals surface area contributed by atoms with E-state index in [0.717, 1.165) is 6.07 Å². The van der Waals surface area contributed by atoms with Crippen LogP contribution in [-0.4, -0.2) is 26.6 Å². The number of nitrogens with one attached hydrogen (secondary N) is 2. The molecule has 2 N–H and O–H groups in total. The largest absolute Gasteiger partial charge is 0.324 e. The van der Waals surface area contributed by atoms with Gasteiger partial charge in [0.05, 0.1) is 11.4 Å². The standard InChI is InChI=1S/C12H9ClFN5O2/c13-7-3-6(1-2-8(7)14)16-11(21)9-4-10(20)17-12-18-15-5-19(9)12/h1-3,5,9H,4H2,(H,16,21)(H,17,18,20)/t9-/m1/s1. The molecule has 2 aromatic rings. The average Bonchev–Trinajstić information content (AvgIpc) is 2.90. The second-order valence-electron chi connectivity index (χ2n) is 4.45. The van der Waals surface area contributed by atoms with E-state index in [2.05, 4.69) is 20.8 Å². The lowest BCUT2D eigenvalue weighted by molar-refractivity contribution is -0.125. The quantitative estimate of drug-likeness (QED) is 0.881. The third-order valence-electron chi connectivity index (χ3n) is 3.03. The van der Waals surface area contributed by atoms with Crippen molar-refractivity contribution in [3.05, 3.63) is 35.4 Å². The van der Waals surface area contributed by atoms with Crippen LogP contribution in [0.4, 0.5) is 16.0 Å². The van der Waals surface area contributed by atoms with Crippen LogP contribution >= 0.6 is 11.6 Å². The van der Waals surface area contributed by atoms with Crippen molar-refractivity contribution in [2.75, 3.05) is 10.6 Å². The third kappa shape index (κ3) is 2.57. The summed E-state index contributed by atoms with van der Waals surface area (Å²) < 4.78 is 14.5. The number of fused-ring (bicyclic) bond motifs is 1.